The molecule has 5 N–H and O–H groups in total. The number of sulfonamides is 1. The molecule has 3 aromatic carbocycles. The summed E-state index contributed by atoms with van der Waals surface area (Å²) in [5.41, 5.74) is 12.1. The standard InChI is InChI=1S/C29H28FN3O8S/c1-42(37,38)33(15-19(34)14-31)24-13-25-23(12-22(24)16-2-3-16)26(28(35)41-29(32)36)27(40-25)17-4-8-20(9-5-17)39-21-10-6-18(30)7-11-21/h4-13,16,19,34H,2-3,14-15,31H2,1H3,(H2,32,36). The van der Waals surface area contributed by atoms with Gasteiger partial charge in [-0.3, -0.25) is 4.31 Å². The van der Waals surface area contributed by atoms with E-state index in [2.05, 4.69) is 0 Å². The summed E-state index contributed by atoms with van der Waals surface area (Å²) in [6.45, 7) is -0.428. The van der Waals surface area contributed by atoms with Crippen molar-refractivity contribution < 1.29 is 41.4 Å². The number of carbonyl (C=O) groups is 2. The van der Waals surface area contributed by atoms with Crippen molar-refractivity contribution in [1.82, 2.24) is 0 Å². The van der Waals surface area contributed by atoms with Gasteiger partial charge in [0.25, 0.3) is 0 Å². The van der Waals surface area contributed by atoms with Crippen molar-refractivity contribution in [3.8, 4) is 22.8 Å². The van der Waals surface area contributed by atoms with Gasteiger partial charge in [-0.25, -0.2) is 22.4 Å². The van der Waals surface area contributed by atoms with Crippen molar-refractivity contribution in [3.63, 3.8) is 0 Å². The van der Waals surface area contributed by atoms with Crippen molar-refractivity contribution >= 4 is 38.7 Å². The summed E-state index contributed by atoms with van der Waals surface area (Å²) in [6, 6.07) is 15.0. The molecule has 0 bridgehead atoms. The lowest BCUT2D eigenvalue weighted by Crippen LogP contribution is -2.40. The van der Waals surface area contributed by atoms with Gasteiger partial charge in [0.05, 0.1) is 24.6 Å². The van der Waals surface area contributed by atoms with Crippen LogP contribution >= 0.6 is 0 Å². The SMILES string of the molecule is CS(=O)(=O)N(CC(O)CN)c1cc2oc(-c3ccc(Oc4ccc(F)cc4)cc3)c(C(=O)OC(N)=O)c2cc1C1CC1. The Hall–Kier alpha value is -4.46. The zero-order chi connectivity index (χ0) is 30.2. The second-order valence-electron chi connectivity index (χ2n) is 9.96. The lowest BCUT2D eigenvalue weighted by Gasteiger charge is -2.27. The summed E-state index contributed by atoms with van der Waals surface area (Å²) >= 11 is 0. The van der Waals surface area contributed by atoms with Crippen LogP contribution in [0.2, 0.25) is 0 Å². The van der Waals surface area contributed by atoms with E-state index in [9.17, 15) is 27.5 Å². The van der Waals surface area contributed by atoms with Crippen LogP contribution in [0.5, 0.6) is 11.5 Å². The first-order valence-electron chi connectivity index (χ1n) is 13.0. The van der Waals surface area contributed by atoms with Gasteiger partial charge < -0.3 is 30.5 Å². The lowest BCUT2D eigenvalue weighted by atomic mass is 10.0. The minimum atomic E-state index is -3.85. The Morgan fingerprint density at radius 3 is 2.26 bits per heavy atom. The number of primary amides is 1. The molecule has 1 atom stereocenters. The third-order valence-electron chi connectivity index (χ3n) is 6.74. The number of aliphatic hydroxyl groups is 1. The predicted molar refractivity (Wildman–Crippen MR) is 152 cm³/mol. The van der Waals surface area contributed by atoms with Crippen LogP contribution in [-0.2, 0) is 14.8 Å². The number of fused-ring (bicyclic) bond motifs is 1. The molecule has 1 heterocycles. The molecule has 0 aliphatic heterocycles. The summed E-state index contributed by atoms with van der Waals surface area (Å²) in [5, 5.41) is 10.5. The van der Waals surface area contributed by atoms with Crippen LogP contribution in [0, 0.1) is 5.82 Å². The van der Waals surface area contributed by atoms with Crippen LogP contribution in [0.1, 0.15) is 34.7 Å². The molecule has 5 rings (SSSR count). The van der Waals surface area contributed by atoms with Crippen LogP contribution in [-0.4, -0.2) is 51.0 Å². The Bertz CT molecular complexity index is 1750. The number of aliphatic hydroxyl groups excluding tert-OH is 1. The molecule has 42 heavy (non-hydrogen) atoms. The summed E-state index contributed by atoms with van der Waals surface area (Å²) < 4.78 is 56.5. The summed E-state index contributed by atoms with van der Waals surface area (Å²) in [4.78, 5) is 24.6. The van der Waals surface area contributed by atoms with Gasteiger partial charge in [0.1, 0.15) is 34.2 Å². The molecule has 1 aliphatic carbocycles. The minimum Gasteiger partial charge on any atom is -0.457 e. The van der Waals surface area contributed by atoms with E-state index in [0.29, 0.717) is 28.0 Å². The number of amides is 1. The van der Waals surface area contributed by atoms with E-state index in [1.165, 1.54) is 30.3 Å². The Morgan fingerprint density at radius 2 is 1.71 bits per heavy atom. The quantitative estimate of drug-likeness (QED) is 0.178. The average molecular weight is 598 g/mol. The number of nitrogens with zero attached hydrogens (tertiary/aromatic N) is 1. The average Bonchev–Trinajstić information content (AvgIpc) is 3.71. The van der Waals surface area contributed by atoms with Gasteiger partial charge in [-0.1, -0.05) is 0 Å². The topological polar surface area (TPSA) is 175 Å². The fourth-order valence-corrected chi connectivity index (χ4v) is 5.58. The second kappa shape index (κ2) is 11.4. The van der Waals surface area contributed by atoms with E-state index in [1.54, 1.807) is 30.3 Å². The van der Waals surface area contributed by atoms with Crippen molar-refractivity contribution in [2.75, 3.05) is 23.7 Å². The summed E-state index contributed by atoms with van der Waals surface area (Å²) in [7, 11) is -3.85. The second-order valence-corrected chi connectivity index (χ2v) is 11.9. The maximum absolute atomic E-state index is 13.2. The molecular formula is C29H28FN3O8S. The van der Waals surface area contributed by atoms with Crippen LogP contribution in [0.15, 0.2) is 65.1 Å². The molecule has 1 fully saturated rings. The highest BCUT2D eigenvalue weighted by Gasteiger charge is 2.34. The maximum atomic E-state index is 13.2. The zero-order valence-corrected chi connectivity index (χ0v) is 23.3. The third kappa shape index (κ3) is 6.22. The van der Waals surface area contributed by atoms with Crippen molar-refractivity contribution in [2.45, 2.75) is 24.9 Å². The van der Waals surface area contributed by atoms with Gasteiger partial charge >= 0.3 is 12.1 Å². The molecule has 220 valence electrons. The molecule has 0 spiro atoms. The van der Waals surface area contributed by atoms with E-state index in [1.807, 2.05) is 0 Å². The van der Waals surface area contributed by atoms with Crippen LogP contribution < -0.4 is 20.5 Å². The van der Waals surface area contributed by atoms with Crippen LogP contribution in [0.25, 0.3) is 22.3 Å². The zero-order valence-electron chi connectivity index (χ0n) is 22.4. The fraction of sp³-hybridized carbons (Fsp3) is 0.241. The minimum absolute atomic E-state index is 0.00456. The normalized spacial score (nSPS) is 14.0. The van der Waals surface area contributed by atoms with Crippen LogP contribution in [0.4, 0.5) is 14.9 Å². The lowest BCUT2D eigenvalue weighted by molar-refractivity contribution is 0.0640. The molecule has 1 amide bonds. The number of esters is 1. The first-order chi connectivity index (χ1) is 19.9. The highest BCUT2D eigenvalue weighted by Crippen LogP contribution is 2.48. The molecule has 0 radical (unpaired) electrons. The Morgan fingerprint density at radius 1 is 1.10 bits per heavy atom. The molecule has 1 aliphatic rings. The van der Waals surface area contributed by atoms with Gasteiger partial charge in [-0.15, -0.1) is 0 Å². The Balaban J connectivity index is 1.63. The molecule has 11 nitrogen and oxygen atoms in total. The van der Waals surface area contributed by atoms with E-state index in [4.69, 9.17) is 25.4 Å². The van der Waals surface area contributed by atoms with Gasteiger partial charge in [-0.2, -0.15) is 0 Å². The number of carbonyl (C=O) groups excluding carboxylic acids is 2. The molecule has 1 aromatic heterocycles. The summed E-state index contributed by atoms with van der Waals surface area (Å²) in [6.07, 6.45) is 0.177. The summed E-state index contributed by atoms with van der Waals surface area (Å²) in [5.74, 6) is -0.560. The maximum Gasteiger partial charge on any atom is 0.412 e. The molecular weight excluding hydrogens is 569 g/mol. The third-order valence-corrected chi connectivity index (χ3v) is 7.88. The molecule has 1 saturated carbocycles. The van der Waals surface area contributed by atoms with Crippen molar-refractivity contribution in [1.29, 1.82) is 0 Å². The van der Waals surface area contributed by atoms with E-state index < -0.39 is 34.0 Å². The van der Waals surface area contributed by atoms with Gasteiger partial charge in [0.15, 0.2) is 0 Å². The predicted octanol–water partition coefficient (Wildman–Crippen LogP) is 4.23. The number of halogens is 1. The number of benzene rings is 3. The monoisotopic (exact) mass is 597 g/mol. The number of hydrogen-bond donors (Lipinski definition) is 3. The van der Waals surface area contributed by atoms with Gasteiger partial charge in [-0.05, 0) is 78.9 Å². The van der Waals surface area contributed by atoms with Crippen molar-refractivity contribution in [3.05, 3.63) is 77.6 Å². The van der Waals surface area contributed by atoms with Crippen molar-refractivity contribution in [2.24, 2.45) is 11.5 Å². The van der Waals surface area contributed by atoms with E-state index in [-0.39, 0.29) is 41.6 Å². The van der Waals surface area contributed by atoms with E-state index >= 15 is 0 Å². The highest BCUT2D eigenvalue weighted by atomic mass is 32.2. The highest BCUT2D eigenvalue weighted by molar-refractivity contribution is 7.92. The molecule has 1 unspecified atom stereocenters. The largest absolute Gasteiger partial charge is 0.457 e. The van der Waals surface area contributed by atoms with Gasteiger partial charge in [0.2, 0.25) is 10.0 Å². The van der Waals surface area contributed by atoms with Crippen LogP contribution in [0.3, 0.4) is 0 Å². The fourth-order valence-electron chi connectivity index (χ4n) is 4.63. The Kier molecular flexibility index (Phi) is 7.91. The van der Waals surface area contributed by atoms with Gasteiger partial charge in [0, 0.05) is 23.6 Å². The number of nitrogens with two attached hydrogens (primary N) is 2. The molecule has 4 aromatic rings. The number of ether oxygens (including phenoxy) is 2. The Labute approximate surface area is 240 Å². The number of rotatable bonds is 10. The smallest absolute Gasteiger partial charge is 0.412 e. The number of anilines is 1. The first kappa shape index (κ1) is 29.0. The number of furan rings is 1. The molecule has 13 heteroatoms. The first-order valence-corrected chi connectivity index (χ1v) is 14.8. The molecule has 0 saturated heterocycles. The van der Waals surface area contributed by atoms with E-state index in [0.717, 1.165) is 23.4 Å². The number of hydrogen-bond acceptors (Lipinski definition) is 9.